The minimum Gasteiger partial charge on any atom is -0.497 e. The molecule has 5 aliphatic rings. The van der Waals surface area contributed by atoms with Crippen molar-refractivity contribution in [1.29, 1.82) is 0 Å². The Morgan fingerprint density at radius 1 is 0.642 bits per heavy atom. The van der Waals surface area contributed by atoms with Crippen LogP contribution in [0, 0.1) is 23.7 Å². The molecule has 0 atom stereocenters. The summed E-state index contributed by atoms with van der Waals surface area (Å²) in [5.74, 6) is 4.66. The number of carbonyl (C=O) groups excluding carboxylic acids is 1. The summed E-state index contributed by atoms with van der Waals surface area (Å²) in [6.45, 7) is 7.71. The first-order chi connectivity index (χ1) is 38.8. The van der Waals surface area contributed by atoms with Crippen molar-refractivity contribution in [3.8, 4) is 39.9 Å². The number of anilines is 2. The molecule has 0 N–H and O–H groups in total. The molecular weight excluding hydrogens is 1040 g/mol. The fourth-order valence-electron chi connectivity index (χ4n) is 14.3. The second-order valence-electron chi connectivity index (χ2n) is 23.5. The Labute approximate surface area is 471 Å². The van der Waals surface area contributed by atoms with Gasteiger partial charge >= 0.3 is 18.3 Å². The van der Waals surface area contributed by atoms with E-state index in [-0.39, 0.29) is 34.6 Å². The minimum atomic E-state index is -5.12. The van der Waals surface area contributed by atoms with Crippen molar-refractivity contribution in [2.45, 2.75) is 121 Å². The molecule has 0 amide bonds. The van der Waals surface area contributed by atoms with Crippen molar-refractivity contribution in [1.82, 2.24) is 0 Å². The van der Waals surface area contributed by atoms with Gasteiger partial charge in [-0.1, -0.05) is 89.6 Å². The van der Waals surface area contributed by atoms with Crippen LogP contribution < -0.4 is 33.5 Å². The van der Waals surface area contributed by atoms with Crippen molar-refractivity contribution in [3.63, 3.8) is 0 Å². The van der Waals surface area contributed by atoms with E-state index in [0.29, 0.717) is 99.6 Å². The quantitative estimate of drug-likeness (QED) is 0.0462. The van der Waals surface area contributed by atoms with Crippen LogP contribution in [0.5, 0.6) is 28.7 Å². The van der Waals surface area contributed by atoms with Gasteiger partial charge in [0.25, 0.3) is 0 Å². The van der Waals surface area contributed by atoms with Crippen LogP contribution in [0.15, 0.2) is 103 Å². The van der Waals surface area contributed by atoms with Gasteiger partial charge in [0.05, 0.1) is 44.1 Å². The zero-order valence-corrected chi connectivity index (χ0v) is 47.1. The molecule has 2 heterocycles. The molecule has 6 aromatic rings. The molecule has 81 heavy (non-hydrogen) atoms. The third-order valence-corrected chi connectivity index (χ3v) is 18.6. The molecule has 2 aliphatic heterocycles. The topological polar surface area (TPSA) is 69.7 Å². The van der Waals surface area contributed by atoms with E-state index in [2.05, 4.69) is 16.7 Å². The SMILES string of the molecule is CCCCCC1CCC(C2CCC(C(=O)Oc3ccc(N4CCN(c5cc6c7c(c8c(c6cc5OC)OC(c5ccc(OC)cc5)(c5ccc(OC)cc5)C=C8)C(C)(C)c5c-7cc(C(F)(F)F)cc5C(F)(F)F)CC4)cc3)CC2)CC1. The predicted octanol–water partition coefficient (Wildman–Crippen LogP) is 17.0. The third-order valence-electron chi connectivity index (χ3n) is 18.6. The molecule has 0 radical (unpaired) electrons. The fourth-order valence-corrected chi connectivity index (χ4v) is 14.3. The number of nitrogens with zero attached hydrogens (tertiary/aromatic N) is 2. The van der Waals surface area contributed by atoms with Crippen molar-refractivity contribution >= 4 is 34.2 Å². The minimum absolute atomic E-state index is 0.0921. The number of unbranched alkanes of at least 4 members (excludes halogenated alkanes) is 2. The number of rotatable bonds is 14. The third kappa shape index (κ3) is 10.6. The van der Waals surface area contributed by atoms with E-state index in [1.165, 1.54) is 51.4 Å². The number of piperazine rings is 1. The van der Waals surface area contributed by atoms with E-state index >= 15 is 13.2 Å². The summed E-state index contributed by atoms with van der Waals surface area (Å²) >= 11 is 0. The normalized spacial score (nSPS) is 21.2. The van der Waals surface area contributed by atoms with Crippen molar-refractivity contribution in [2.75, 3.05) is 57.3 Å². The number of esters is 1. The van der Waals surface area contributed by atoms with Gasteiger partial charge in [0.2, 0.25) is 0 Å². The maximum Gasteiger partial charge on any atom is 0.416 e. The Hall–Kier alpha value is -6.83. The fraction of sp³-hybridized carbons (Fsp3) is 0.448. The molecule has 1 saturated heterocycles. The van der Waals surface area contributed by atoms with Gasteiger partial charge in [-0.2, -0.15) is 26.3 Å². The standard InChI is InChI=1S/C67H72F6N2O6/c1-7-8-9-10-41-11-13-42(14-12-41)43-15-17-44(18-16-43)63(76)80-51-29-23-48(24-30-51)74-33-35-75(36-34-74)57-39-53-54(40-58(57)79-6)62-52(61-59(53)55-37-47(66(68,69)70)38-56(67(71,72)73)60(55)64(61,2)3)31-32-65(81-62,45-19-25-49(77-4)26-20-45)46-21-27-50(78-5)28-22-46/h19-32,37-44H,7-18,33-36H2,1-6H3. The van der Waals surface area contributed by atoms with Gasteiger partial charge in [-0.25, -0.2) is 0 Å². The number of benzene rings is 6. The summed E-state index contributed by atoms with van der Waals surface area (Å²) in [6, 6.07) is 27.2. The van der Waals surface area contributed by atoms with Crippen LogP contribution in [-0.4, -0.2) is 53.5 Å². The Kier molecular flexibility index (Phi) is 15.3. The maximum absolute atomic E-state index is 15.3. The summed E-state index contributed by atoms with van der Waals surface area (Å²) in [4.78, 5) is 17.8. The first kappa shape index (κ1) is 56.1. The van der Waals surface area contributed by atoms with Crippen LogP contribution in [0.25, 0.3) is 28.0 Å². The number of hydrogen-bond donors (Lipinski definition) is 0. The Morgan fingerprint density at radius 2 is 1.22 bits per heavy atom. The van der Waals surface area contributed by atoms with Crippen LogP contribution in [0.3, 0.4) is 0 Å². The summed E-state index contributed by atoms with van der Waals surface area (Å²) in [7, 11) is 4.69. The summed E-state index contributed by atoms with van der Waals surface area (Å²) < 4.78 is 121. The molecule has 8 nitrogen and oxygen atoms in total. The molecule has 0 unspecified atom stereocenters. The van der Waals surface area contributed by atoms with Crippen molar-refractivity contribution in [2.24, 2.45) is 23.7 Å². The van der Waals surface area contributed by atoms with Crippen LogP contribution in [-0.2, 0) is 28.2 Å². The average Bonchev–Trinajstić information content (AvgIpc) is 3.96. The van der Waals surface area contributed by atoms with Crippen LogP contribution in [0.2, 0.25) is 0 Å². The number of methoxy groups -OCH3 is 3. The summed E-state index contributed by atoms with van der Waals surface area (Å²) in [5, 5.41) is 0.871. The second kappa shape index (κ2) is 22.2. The number of fused-ring (bicyclic) bond motifs is 8. The number of alkyl halides is 6. The smallest absolute Gasteiger partial charge is 0.416 e. The summed E-state index contributed by atoms with van der Waals surface area (Å²) in [5.41, 5.74) is -1.72. The lowest BCUT2D eigenvalue weighted by atomic mass is 9.68. The number of carbonyl (C=O) groups is 1. The highest BCUT2D eigenvalue weighted by Crippen LogP contribution is 2.62. The zero-order valence-electron chi connectivity index (χ0n) is 47.1. The molecule has 11 rings (SSSR count). The van der Waals surface area contributed by atoms with Gasteiger partial charge in [0, 0.05) is 59.4 Å². The number of halogens is 6. The zero-order chi connectivity index (χ0) is 57.0. The average molecular weight is 1120 g/mol. The lowest BCUT2D eigenvalue weighted by molar-refractivity contribution is -0.144. The molecule has 2 saturated carbocycles. The first-order valence-corrected chi connectivity index (χ1v) is 28.9. The van der Waals surface area contributed by atoms with Gasteiger partial charge in [0.15, 0.2) is 5.60 Å². The van der Waals surface area contributed by atoms with E-state index in [1.54, 1.807) is 41.2 Å². The maximum atomic E-state index is 15.3. The van der Waals surface area contributed by atoms with E-state index < -0.39 is 34.5 Å². The van der Waals surface area contributed by atoms with Gasteiger partial charge in [-0.3, -0.25) is 4.79 Å². The highest BCUT2D eigenvalue weighted by molar-refractivity contribution is 6.10. The highest BCUT2D eigenvalue weighted by atomic mass is 19.4. The highest BCUT2D eigenvalue weighted by Gasteiger charge is 2.50. The molecule has 0 spiro atoms. The molecule has 3 aliphatic carbocycles. The predicted molar refractivity (Wildman–Crippen MR) is 306 cm³/mol. The molecule has 3 fully saturated rings. The second-order valence-corrected chi connectivity index (χ2v) is 23.5. The van der Waals surface area contributed by atoms with E-state index in [0.717, 1.165) is 49.3 Å². The van der Waals surface area contributed by atoms with E-state index in [9.17, 15) is 18.0 Å². The van der Waals surface area contributed by atoms with E-state index in [1.807, 2.05) is 91.0 Å². The Morgan fingerprint density at radius 3 is 1.78 bits per heavy atom. The molecule has 6 aromatic carbocycles. The molecule has 428 valence electrons. The van der Waals surface area contributed by atoms with E-state index in [4.69, 9.17) is 23.7 Å². The molecule has 14 heteroatoms. The molecular formula is C67H72F6N2O6. The Balaban J connectivity index is 0.892. The van der Waals surface area contributed by atoms with Gasteiger partial charge in [-0.05, 0) is 163 Å². The summed E-state index contributed by atoms with van der Waals surface area (Å²) in [6.07, 6.45) is 8.14. The monoisotopic (exact) mass is 1110 g/mol. The molecule has 0 aromatic heterocycles. The van der Waals surface area contributed by atoms with Gasteiger partial charge < -0.3 is 33.5 Å². The lowest BCUT2D eigenvalue weighted by Gasteiger charge is -2.39. The van der Waals surface area contributed by atoms with Crippen molar-refractivity contribution in [3.05, 3.63) is 142 Å². The number of ether oxygens (including phenoxy) is 5. The lowest BCUT2D eigenvalue weighted by Crippen LogP contribution is -2.46. The van der Waals surface area contributed by atoms with Crippen LogP contribution in [0.4, 0.5) is 37.7 Å². The molecule has 0 bridgehead atoms. The van der Waals surface area contributed by atoms with Crippen LogP contribution in [0.1, 0.15) is 137 Å². The van der Waals surface area contributed by atoms with Crippen molar-refractivity contribution < 1.29 is 54.8 Å². The van der Waals surface area contributed by atoms with Gasteiger partial charge in [-0.15, -0.1) is 0 Å². The Bertz CT molecular complexity index is 3240. The number of hydrogen-bond acceptors (Lipinski definition) is 8. The largest absolute Gasteiger partial charge is 0.497 e. The van der Waals surface area contributed by atoms with Crippen LogP contribution >= 0.6 is 0 Å². The first-order valence-electron chi connectivity index (χ1n) is 28.9. The van der Waals surface area contributed by atoms with Gasteiger partial charge in [0.1, 0.15) is 28.7 Å².